The highest BCUT2D eigenvalue weighted by molar-refractivity contribution is 5.60. The Balaban J connectivity index is 2.17. The maximum absolute atomic E-state index is 8.85. The number of unbranched alkanes of at least 4 members (excludes halogenated alkanes) is 1. The molecule has 2 aromatic rings. The zero-order valence-corrected chi connectivity index (χ0v) is 14.3. The summed E-state index contributed by atoms with van der Waals surface area (Å²) in [5.74, 6) is 7.40. The minimum Gasteiger partial charge on any atom is -0.369 e. The van der Waals surface area contributed by atoms with Crippen LogP contribution >= 0.6 is 0 Å². The van der Waals surface area contributed by atoms with E-state index in [4.69, 9.17) is 11.0 Å². The van der Waals surface area contributed by atoms with E-state index in [0.717, 1.165) is 37.1 Å². The van der Waals surface area contributed by atoms with Crippen molar-refractivity contribution >= 4 is 17.5 Å². The molecular weight excluding hydrogens is 312 g/mol. The fourth-order valence-electron chi connectivity index (χ4n) is 2.02. The van der Waals surface area contributed by atoms with E-state index in [9.17, 15) is 0 Å². The lowest BCUT2D eigenvalue weighted by Gasteiger charge is -2.10. The average Bonchev–Trinajstić information content (AvgIpc) is 2.65. The summed E-state index contributed by atoms with van der Waals surface area (Å²) in [6.45, 7) is 3.54. The Bertz CT molecular complexity index is 780. The molecule has 6 nitrogen and oxygen atoms in total. The van der Waals surface area contributed by atoms with Gasteiger partial charge in [0.05, 0.1) is 23.4 Å². The molecule has 1 heterocycles. The Hall–Kier alpha value is -3.09. The van der Waals surface area contributed by atoms with E-state index in [1.54, 1.807) is 18.3 Å². The van der Waals surface area contributed by atoms with Gasteiger partial charge in [-0.1, -0.05) is 18.8 Å². The lowest BCUT2D eigenvalue weighted by atomic mass is 10.2. The first-order valence-electron chi connectivity index (χ1n) is 8.34. The number of hydrogen-bond donors (Lipinski definition) is 3. The van der Waals surface area contributed by atoms with Crippen molar-refractivity contribution < 1.29 is 0 Å². The van der Waals surface area contributed by atoms with Crippen LogP contribution in [0.5, 0.6) is 0 Å². The molecule has 0 radical (unpaired) electrons. The van der Waals surface area contributed by atoms with Gasteiger partial charge in [0.25, 0.3) is 0 Å². The molecule has 0 spiro atoms. The van der Waals surface area contributed by atoms with Gasteiger partial charge >= 0.3 is 0 Å². The summed E-state index contributed by atoms with van der Waals surface area (Å²) in [6.07, 6.45) is 4.34. The molecule has 0 bridgehead atoms. The van der Waals surface area contributed by atoms with Gasteiger partial charge < -0.3 is 16.4 Å². The van der Waals surface area contributed by atoms with Crippen LogP contribution in [0.3, 0.4) is 0 Å². The largest absolute Gasteiger partial charge is 0.369 e. The van der Waals surface area contributed by atoms with Crippen LogP contribution in [-0.4, -0.2) is 23.1 Å². The van der Waals surface area contributed by atoms with E-state index in [1.165, 1.54) is 0 Å². The van der Waals surface area contributed by atoms with E-state index in [2.05, 4.69) is 45.4 Å². The summed E-state index contributed by atoms with van der Waals surface area (Å²) >= 11 is 0. The molecule has 0 fully saturated rings. The minimum absolute atomic E-state index is 0.482. The zero-order chi connectivity index (χ0) is 17.9. The van der Waals surface area contributed by atoms with Crippen molar-refractivity contribution in [2.45, 2.75) is 26.2 Å². The molecule has 0 atom stereocenters. The van der Waals surface area contributed by atoms with E-state index in [1.807, 2.05) is 12.1 Å². The molecule has 1 aromatic heterocycles. The second kappa shape index (κ2) is 9.92. The first kappa shape index (κ1) is 18.3. The van der Waals surface area contributed by atoms with Gasteiger partial charge in [0.2, 0.25) is 5.95 Å². The van der Waals surface area contributed by atoms with Crippen LogP contribution < -0.4 is 16.4 Å². The molecule has 128 valence electrons. The average molecular weight is 334 g/mol. The molecular formula is C19H22N6. The lowest BCUT2D eigenvalue weighted by Crippen LogP contribution is -2.07. The normalized spacial score (nSPS) is 9.64. The molecule has 0 saturated heterocycles. The summed E-state index contributed by atoms with van der Waals surface area (Å²) in [5.41, 5.74) is 7.69. The first-order chi connectivity index (χ1) is 12.3. The Morgan fingerprint density at radius 1 is 1.24 bits per heavy atom. The number of anilines is 3. The third-order valence-corrected chi connectivity index (χ3v) is 3.33. The number of nitrogens with one attached hydrogen (secondary N) is 2. The van der Waals surface area contributed by atoms with Crippen LogP contribution in [-0.2, 0) is 0 Å². The Labute approximate surface area is 148 Å². The lowest BCUT2D eigenvalue weighted by molar-refractivity contribution is 0.870. The van der Waals surface area contributed by atoms with Crippen LogP contribution in [0.15, 0.2) is 30.5 Å². The number of benzene rings is 1. The minimum atomic E-state index is 0.482. The predicted octanol–water partition coefficient (Wildman–Crippen LogP) is 3.00. The number of nitriles is 1. The van der Waals surface area contributed by atoms with Crippen molar-refractivity contribution in [3.8, 4) is 17.9 Å². The molecule has 0 unspecified atom stereocenters. The van der Waals surface area contributed by atoms with Crippen molar-refractivity contribution in [2.24, 2.45) is 5.73 Å². The third-order valence-electron chi connectivity index (χ3n) is 3.33. The monoisotopic (exact) mass is 334 g/mol. The molecule has 25 heavy (non-hydrogen) atoms. The van der Waals surface area contributed by atoms with Gasteiger partial charge in [0.1, 0.15) is 5.82 Å². The van der Waals surface area contributed by atoms with E-state index < -0.39 is 0 Å². The standard InChI is InChI=1S/C19H22N6/c1-2-12-22-18-16(6-4-3-5-11-20)14-23-19(25-18)24-17-9-7-15(13-21)8-10-17/h7-10,14H,2-3,5,11-12,20H2,1H3,(H2,22,23,24,25). The highest BCUT2D eigenvalue weighted by Gasteiger charge is 2.06. The summed E-state index contributed by atoms with van der Waals surface area (Å²) < 4.78 is 0. The molecule has 4 N–H and O–H groups in total. The number of nitrogens with two attached hydrogens (primary N) is 1. The van der Waals surface area contributed by atoms with Gasteiger partial charge in [0.15, 0.2) is 0 Å². The third kappa shape index (κ3) is 5.80. The maximum atomic E-state index is 8.85. The highest BCUT2D eigenvalue weighted by Crippen LogP contribution is 2.17. The quantitative estimate of drug-likeness (QED) is 0.532. The second-order valence-corrected chi connectivity index (χ2v) is 5.39. The van der Waals surface area contributed by atoms with E-state index >= 15 is 0 Å². The Morgan fingerprint density at radius 2 is 2.04 bits per heavy atom. The van der Waals surface area contributed by atoms with Crippen LogP contribution in [0.1, 0.15) is 37.3 Å². The Kier molecular flexibility index (Phi) is 7.24. The van der Waals surface area contributed by atoms with Gasteiger partial charge in [-0.05, 0) is 43.7 Å². The maximum Gasteiger partial charge on any atom is 0.229 e. The molecule has 0 aliphatic rings. The van der Waals surface area contributed by atoms with Gasteiger partial charge in [-0.25, -0.2) is 4.98 Å². The summed E-state index contributed by atoms with van der Waals surface area (Å²) in [6, 6.07) is 9.23. The fourth-order valence-corrected chi connectivity index (χ4v) is 2.02. The first-order valence-corrected chi connectivity index (χ1v) is 8.34. The SMILES string of the molecule is CCCNc1nc(Nc2ccc(C#N)cc2)ncc1C#CCCCN. The molecule has 2 rings (SSSR count). The topological polar surface area (TPSA) is 99.6 Å². The number of rotatable bonds is 7. The summed E-state index contributed by atoms with van der Waals surface area (Å²) in [4.78, 5) is 8.85. The van der Waals surface area contributed by atoms with Crippen LogP contribution in [0.25, 0.3) is 0 Å². The second-order valence-electron chi connectivity index (χ2n) is 5.39. The number of aromatic nitrogens is 2. The van der Waals surface area contributed by atoms with Crippen molar-refractivity contribution in [1.29, 1.82) is 5.26 Å². The number of nitrogens with zero attached hydrogens (tertiary/aromatic N) is 3. The van der Waals surface area contributed by atoms with E-state index in [-0.39, 0.29) is 0 Å². The van der Waals surface area contributed by atoms with Crippen LogP contribution in [0.4, 0.5) is 17.5 Å². The Morgan fingerprint density at radius 3 is 2.72 bits per heavy atom. The van der Waals surface area contributed by atoms with Gasteiger partial charge in [-0.15, -0.1) is 0 Å². The summed E-state index contributed by atoms with van der Waals surface area (Å²) in [7, 11) is 0. The van der Waals surface area contributed by atoms with Crippen molar-refractivity contribution in [1.82, 2.24) is 9.97 Å². The molecule has 1 aromatic carbocycles. The van der Waals surface area contributed by atoms with Gasteiger partial charge in [-0.3, -0.25) is 0 Å². The molecule has 0 aliphatic heterocycles. The van der Waals surface area contributed by atoms with Crippen molar-refractivity contribution in [3.05, 3.63) is 41.6 Å². The van der Waals surface area contributed by atoms with E-state index in [0.29, 0.717) is 23.9 Å². The van der Waals surface area contributed by atoms with Gasteiger partial charge in [0, 0.05) is 18.7 Å². The molecule has 0 aliphatic carbocycles. The molecule has 0 saturated carbocycles. The summed E-state index contributed by atoms with van der Waals surface area (Å²) in [5, 5.41) is 15.3. The molecule has 0 amide bonds. The van der Waals surface area contributed by atoms with Crippen molar-refractivity contribution in [2.75, 3.05) is 23.7 Å². The van der Waals surface area contributed by atoms with Crippen molar-refractivity contribution in [3.63, 3.8) is 0 Å². The number of hydrogen-bond acceptors (Lipinski definition) is 6. The van der Waals surface area contributed by atoms with Crippen LogP contribution in [0.2, 0.25) is 0 Å². The van der Waals surface area contributed by atoms with Crippen LogP contribution in [0, 0.1) is 23.2 Å². The highest BCUT2D eigenvalue weighted by atomic mass is 15.1. The molecule has 6 heteroatoms. The smallest absolute Gasteiger partial charge is 0.229 e. The zero-order valence-electron chi connectivity index (χ0n) is 14.3. The van der Waals surface area contributed by atoms with Gasteiger partial charge in [-0.2, -0.15) is 10.2 Å². The fraction of sp³-hybridized carbons (Fsp3) is 0.316. The predicted molar refractivity (Wildman–Crippen MR) is 100 cm³/mol.